The molecule has 0 spiro atoms. The van der Waals surface area contributed by atoms with E-state index in [0.717, 1.165) is 0 Å². The highest BCUT2D eigenvalue weighted by atomic mass is 35.5. The van der Waals surface area contributed by atoms with Crippen molar-refractivity contribution in [3.8, 4) is 0 Å². The second-order valence-electron chi connectivity index (χ2n) is 3.69. The van der Waals surface area contributed by atoms with Crippen LogP contribution in [0.25, 0.3) is 0 Å². The Morgan fingerprint density at radius 3 is 2.21 bits per heavy atom. The van der Waals surface area contributed by atoms with Crippen molar-refractivity contribution >= 4 is 23.5 Å². The molecule has 1 atom stereocenters. The summed E-state index contributed by atoms with van der Waals surface area (Å²) >= 11 is 5.59. The first kappa shape index (κ1) is 15.3. The number of carboxylic acids is 1. The van der Waals surface area contributed by atoms with Crippen LogP contribution in [0.1, 0.15) is 16.8 Å². The molecule has 0 saturated carbocycles. The second-order valence-corrected chi connectivity index (χ2v) is 4.13. The van der Waals surface area contributed by atoms with Crippen molar-refractivity contribution in [2.24, 2.45) is 0 Å². The molecule has 0 aliphatic rings. The Morgan fingerprint density at radius 1 is 1.26 bits per heavy atom. The number of hydrogen-bond donors (Lipinski definition) is 2. The Labute approximate surface area is 111 Å². The number of benzene rings is 1. The normalized spacial score (nSPS) is 12.8. The molecule has 0 aliphatic carbocycles. The van der Waals surface area contributed by atoms with Gasteiger partial charge in [0.2, 0.25) is 0 Å². The van der Waals surface area contributed by atoms with Crippen LogP contribution in [0, 0.1) is 0 Å². The molecule has 0 saturated heterocycles. The minimum absolute atomic E-state index is 0.0258. The molecule has 1 rings (SSSR count). The van der Waals surface area contributed by atoms with Crippen LogP contribution in [0.15, 0.2) is 24.3 Å². The Balaban J connectivity index is 2.77. The fourth-order valence-electron chi connectivity index (χ4n) is 1.27. The molecule has 1 aromatic rings. The topological polar surface area (TPSA) is 66.4 Å². The first-order chi connectivity index (χ1) is 8.69. The number of carbonyl (C=O) groups excluding carboxylic acids is 1. The van der Waals surface area contributed by atoms with Crippen molar-refractivity contribution in [1.29, 1.82) is 0 Å². The van der Waals surface area contributed by atoms with Crippen LogP contribution < -0.4 is 5.32 Å². The molecule has 1 unspecified atom stereocenters. The number of amides is 1. The molecule has 0 heterocycles. The molecule has 0 aliphatic heterocycles. The molecule has 4 nitrogen and oxygen atoms in total. The SMILES string of the molecule is O=C(NC(CC(F)(F)F)C(=O)O)c1ccc(Cl)cc1. The Kier molecular flexibility index (Phi) is 4.77. The van der Waals surface area contributed by atoms with Crippen molar-refractivity contribution in [2.45, 2.75) is 18.6 Å². The van der Waals surface area contributed by atoms with E-state index in [2.05, 4.69) is 0 Å². The average Bonchev–Trinajstić information content (AvgIpc) is 2.27. The minimum atomic E-state index is -4.68. The molecule has 19 heavy (non-hydrogen) atoms. The predicted octanol–water partition coefficient (Wildman–Crippen LogP) is 2.48. The van der Waals surface area contributed by atoms with E-state index in [-0.39, 0.29) is 5.56 Å². The molecule has 2 N–H and O–H groups in total. The predicted molar refractivity (Wildman–Crippen MR) is 61.0 cm³/mol. The molecular formula is C11H9ClF3NO3. The summed E-state index contributed by atoms with van der Waals surface area (Å²) < 4.78 is 36.4. The standard InChI is InChI=1S/C11H9ClF3NO3/c12-7-3-1-6(2-4-7)9(17)16-8(10(18)19)5-11(13,14)15/h1-4,8H,5H2,(H,16,17)(H,18,19). The Hall–Kier alpha value is -1.76. The van der Waals surface area contributed by atoms with E-state index >= 15 is 0 Å². The summed E-state index contributed by atoms with van der Waals surface area (Å²) in [5.74, 6) is -2.66. The summed E-state index contributed by atoms with van der Waals surface area (Å²) in [6, 6.07) is 3.28. The van der Waals surface area contributed by atoms with E-state index in [0.29, 0.717) is 5.02 Å². The van der Waals surface area contributed by atoms with Crippen LogP contribution in [-0.4, -0.2) is 29.2 Å². The molecular weight excluding hydrogens is 287 g/mol. The van der Waals surface area contributed by atoms with Gasteiger partial charge in [-0.3, -0.25) is 4.79 Å². The molecule has 0 aromatic heterocycles. The third kappa shape index (κ3) is 5.17. The van der Waals surface area contributed by atoms with Crippen molar-refractivity contribution in [1.82, 2.24) is 5.32 Å². The lowest BCUT2D eigenvalue weighted by molar-refractivity contribution is -0.157. The van der Waals surface area contributed by atoms with Crippen molar-refractivity contribution < 1.29 is 27.9 Å². The van der Waals surface area contributed by atoms with Crippen LogP contribution in [0.3, 0.4) is 0 Å². The third-order valence-corrected chi connectivity index (χ3v) is 2.40. The maximum Gasteiger partial charge on any atom is 0.391 e. The van der Waals surface area contributed by atoms with Gasteiger partial charge in [-0.2, -0.15) is 13.2 Å². The number of hydrogen-bond acceptors (Lipinski definition) is 2. The number of alkyl halides is 3. The highest BCUT2D eigenvalue weighted by Crippen LogP contribution is 2.22. The Morgan fingerprint density at radius 2 is 1.79 bits per heavy atom. The number of carboxylic acid groups (broad SMARTS) is 1. The number of nitrogens with one attached hydrogen (secondary N) is 1. The van der Waals surface area contributed by atoms with Gasteiger partial charge in [-0.15, -0.1) is 0 Å². The maximum absolute atomic E-state index is 12.1. The zero-order valence-corrected chi connectivity index (χ0v) is 10.1. The van der Waals surface area contributed by atoms with Crippen molar-refractivity contribution in [3.05, 3.63) is 34.9 Å². The van der Waals surface area contributed by atoms with Gasteiger partial charge < -0.3 is 10.4 Å². The lowest BCUT2D eigenvalue weighted by Gasteiger charge is -2.16. The number of rotatable bonds is 4. The van der Waals surface area contributed by atoms with Crippen LogP contribution in [-0.2, 0) is 4.79 Å². The first-order valence-corrected chi connectivity index (χ1v) is 5.43. The summed E-state index contributed by atoms with van der Waals surface area (Å²) in [5, 5.41) is 10.8. The van der Waals surface area contributed by atoms with Gasteiger partial charge in [-0.1, -0.05) is 11.6 Å². The summed E-state index contributed by atoms with van der Waals surface area (Å²) in [6.07, 6.45) is -6.32. The van der Waals surface area contributed by atoms with E-state index in [1.807, 2.05) is 5.32 Å². The van der Waals surface area contributed by atoms with Crippen LogP contribution >= 0.6 is 11.6 Å². The summed E-state index contributed by atoms with van der Waals surface area (Å²) in [5.41, 5.74) is 0.0258. The van der Waals surface area contributed by atoms with Crippen LogP contribution in [0.4, 0.5) is 13.2 Å². The molecule has 0 fully saturated rings. The minimum Gasteiger partial charge on any atom is -0.480 e. The lowest BCUT2D eigenvalue weighted by atomic mass is 10.1. The smallest absolute Gasteiger partial charge is 0.391 e. The fourth-order valence-corrected chi connectivity index (χ4v) is 1.40. The van der Waals surface area contributed by atoms with Crippen LogP contribution in [0.5, 0.6) is 0 Å². The monoisotopic (exact) mass is 295 g/mol. The fraction of sp³-hybridized carbons (Fsp3) is 0.273. The van der Waals surface area contributed by atoms with Gasteiger partial charge >= 0.3 is 12.1 Å². The summed E-state index contributed by atoms with van der Waals surface area (Å²) in [6.45, 7) is 0. The second kappa shape index (κ2) is 5.92. The highest BCUT2D eigenvalue weighted by Gasteiger charge is 2.36. The van der Waals surface area contributed by atoms with Crippen LogP contribution in [0.2, 0.25) is 5.02 Å². The largest absolute Gasteiger partial charge is 0.480 e. The van der Waals surface area contributed by atoms with E-state index in [9.17, 15) is 22.8 Å². The average molecular weight is 296 g/mol. The van der Waals surface area contributed by atoms with Gasteiger partial charge in [0.25, 0.3) is 5.91 Å². The first-order valence-electron chi connectivity index (χ1n) is 5.05. The van der Waals surface area contributed by atoms with Gasteiger partial charge in [0, 0.05) is 10.6 Å². The molecule has 8 heteroatoms. The summed E-state index contributed by atoms with van der Waals surface area (Å²) in [4.78, 5) is 22.2. The van der Waals surface area contributed by atoms with Crippen molar-refractivity contribution in [2.75, 3.05) is 0 Å². The van der Waals surface area contributed by atoms with Gasteiger partial charge in [-0.05, 0) is 24.3 Å². The molecule has 1 amide bonds. The summed E-state index contributed by atoms with van der Waals surface area (Å²) in [7, 11) is 0. The molecule has 1 aromatic carbocycles. The van der Waals surface area contributed by atoms with Crippen molar-refractivity contribution in [3.63, 3.8) is 0 Å². The number of halogens is 4. The highest BCUT2D eigenvalue weighted by molar-refractivity contribution is 6.30. The molecule has 0 bridgehead atoms. The lowest BCUT2D eigenvalue weighted by Crippen LogP contribution is -2.43. The van der Waals surface area contributed by atoms with E-state index in [1.54, 1.807) is 0 Å². The van der Waals surface area contributed by atoms with Gasteiger partial charge in [-0.25, -0.2) is 4.79 Å². The van der Waals surface area contributed by atoms with Gasteiger partial charge in [0.15, 0.2) is 0 Å². The quantitative estimate of drug-likeness (QED) is 0.897. The zero-order chi connectivity index (χ0) is 14.6. The van der Waals surface area contributed by atoms with Gasteiger partial charge in [0.05, 0.1) is 6.42 Å². The number of carbonyl (C=O) groups is 2. The van der Waals surface area contributed by atoms with E-state index in [4.69, 9.17) is 16.7 Å². The van der Waals surface area contributed by atoms with E-state index < -0.39 is 30.5 Å². The zero-order valence-electron chi connectivity index (χ0n) is 9.37. The van der Waals surface area contributed by atoms with Gasteiger partial charge in [0.1, 0.15) is 6.04 Å². The third-order valence-electron chi connectivity index (χ3n) is 2.15. The number of aliphatic carboxylic acids is 1. The maximum atomic E-state index is 12.1. The molecule has 104 valence electrons. The van der Waals surface area contributed by atoms with E-state index in [1.165, 1.54) is 24.3 Å². The Bertz CT molecular complexity index is 473. The molecule has 0 radical (unpaired) electrons.